The average molecular weight is 555 g/mol. The van der Waals surface area contributed by atoms with Crippen molar-refractivity contribution >= 4 is 17.4 Å². The lowest BCUT2D eigenvalue weighted by Crippen LogP contribution is -2.38. The number of aryl methyl sites for hydroxylation is 2. The summed E-state index contributed by atoms with van der Waals surface area (Å²) >= 11 is 6.45. The quantitative estimate of drug-likeness (QED) is 0.324. The number of nitrogens with zero attached hydrogens (tertiary/aromatic N) is 5. The predicted molar refractivity (Wildman–Crippen MR) is 158 cm³/mol. The van der Waals surface area contributed by atoms with Gasteiger partial charge in [0.15, 0.2) is 5.82 Å². The molecule has 8 nitrogen and oxygen atoms in total. The van der Waals surface area contributed by atoms with Crippen LogP contribution in [0.15, 0.2) is 22.7 Å². The molecule has 1 atom stereocenters. The van der Waals surface area contributed by atoms with Crippen molar-refractivity contribution in [3.05, 3.63) is 40.2 Å². The highest BCUT2D eigenvalue weighted by Crippen LogP contribution is 2.35. The molecule has 9 heteroatoms. The highest BCUT2D eigenvalue weighted by atomic mass is 35.5. The third-order valence-electron chi connectivity index (χ3n) is 7.52. The molecule has 2 aliphatic rings. The van der Waals surface area contributed by atoms with E-state index in [4.69, 9.17) is 31.6 Å². The molecular formula is C30H43ClN6O2. The summed E-state index contributed by atoms with van der Waals surface area (Å²) < 4.78 is 11.2. The van der Waals surface area contributed by atoms with E-state index < -0.39 is 0 Å². The van der Waals surface area contributed by atoms with Gasteiger partial charge in [0.05, 0.1) is 28.6 Å². The van der Waals surface area contributed by atoms with E-state index in [-0.39, 0.29) is 0 Å². The van der Waals surface area contributed by atoms with Crippen LogP contribution in [0.2, 0.25) is 5.02 Å². The Morgan fingerprint density at radius 3 is 2.54 bits per heavy atom. The first-order chi connectivity index (χ1) is 18.7. The van der Waals surface area contributed by atoms with Gasteiger partial charge in [0, 0.05) is 29.8 Å². The first-order valence-electron chi connectivity index (χ1n) is 14.1. The summed E-state index contributed by atoms with van der Waals surface area (Å²) in [5, 5.41) is 4.55. The van der Waals surface area contributed by atoms with E-state index >= 15 is 0 Å². The van der Waals surface area contributed by atoms with Crippen molar-refractivity contribution in [2.45, 2.75) is 78.3 Å². The largest absolute Gasteiger partial charge is 0.494 e. The normalized spacial score (nSPS) is 17.7. The van der Waals surface area contributed by atoms with Gasteiger partial charge in [-0.25, -0.2) is 9.97 Å². The van der Waals surface area contributed by atoms with Gasteiger partial charge in [-0.2, -0.15) is 0 Å². The maximum Gasteiger partial charge on any atom is 0.163 e. The molecule has 1 saturated carbocycles. The Bertz CT molecular complexity index is 1240. The number of likely N-dealkylation sites (tertiary alicyclic amines) is 1. The van der Waals surface area contributed by atoms with Crippen molar-refractivity contribution in [2.75, 3.05) is 39.5 Å². The zero-order chi connectivity index (χ0) is 28.1. The number of hydrogen-bond donors (Lipinski definition) is 1. The van der Waals surface area contributed by atoms with Crippen LogP contribution in [0.25, 0.3) is 22.6 Å². The Balaban J connectivity index is 0.000000292. The summed E-state index contributed by atoms with van der Waals surface area (Å²) in [7, 11) is 4.08. The van der Waals surface area contributed by atoms with Crippen molar-refractivity contribution in [1.82, 2.24) is 24.9 Å². The third kappa shape index (κ3) is 7.50. The van der Waals surface area contributed by atoms with Gasteiger partial charge in [0.25, 0.3) is 0 Å². The summed E-state index contributed by atoms with van der Waals surface area (Å²) in [6.07, 6.45) is 8.23. The molecule has 0 unspecified atom stereocenters. The number of nitrogens with two attached hydrogens (primary N) is 1. The van der Waals surface area contributed by atoms with E-state index in [2.05, 4.69) is 26.9 Å². The number of rotatable bonds is 8. The molecule has 2 aromatic heterocycles. The Kier molecular flexibility index (Phi) is 9.86. The molecule has 0 radical (unpaired) electrons. The smallest absolute Gasteiger partial charge is 0.163 e. The molecule has 2 N–H and O–H groups in total. The van der Waals surface area contributed by atoms with Gasteiger partial charge in [-0.15, -0.1) is 0 Å². The molecule has 1 saturated heterocycles. The molecule has 1 aromatic carbocycles. The van der Waals surface area contributed by atoms with Gasteiger partial charge in [-0.3, -0.25) is 4.90 Å². The lowest BCUT2D eigenvalue weighted by Gasteiger charge is -2.33. The second kappa shape index (κ2) is 13.1. The van der Waals surface area contributed by atoms with Crippen LogP contribution in [0, 0.1) is 20.8 Å². The first kappa shape index (κ1) is 29.3. The molecule has 0 bridgehead atoms. The van der Waals surface area contributed by atoms with E-state index in [0.29, 0.717) is 46.0 Å². The Morgan fingerprint density at radius 2 is 1.90 bits per heavy atom. The molecule has 3 aromatic rings. The van der Waals surface area contributed by atoms with Crippen molar-refractivity contribution in [3.8, 4) is 28.4 Å². The third-order valence-corrected chi connectivity index (χ3v) is 7.85. The van der Waals surface area contributed by atoms with Gasteiger partial charge in [0.1, 0.15) is 17.3 Å². The van der Waals surface area contributed by atoms with Crippen LogP contribution in [0.4, 0.5) is 5.82 Å². The highest BCUT2D eigenvalue weighted by molar-refractivity contribution is 6.33. The van der Waals surface area contributed by atoms with Crippen molar-refractivity contribution in [2.24, 2.45) is 0 Å². The van der Waals surface area contributed by atoms with Crippen LogP contribution >= 0.6 is 11.6 Å². The molecule has 0 spiro atoms. The highest BCUT2D eigenvalue weighted by Gasteiger charge is 2.32. The van der Waals surface area contributed by atoms with Gasteiger partial charge in [-0.1, -0.05) is 23.2 Å². The maximum atomic E-state index is 6.45. The summed E-state index contributed by atoms with van der Waals surface area (Å²) in [4.78, 5) is 14.0. The van der Waals surface area contributed by atoms with Gasteiger partial charge in [-0.05, 0) is 98.6 Å². The van der Waals surface area contributed by atoms with E-state index in [1.54, 1.807) is 6.07 Å². The SMILES string of the molecule is C[C@H]1CCCCN1C1CC1.Cc1noc(C)c1-c1nc(-c2cc(OCCCN(C)C)ccc2Cl)nc(N)c1C. The van der Waals surface area contributed by atoms with Crippen LogP contribution in [-0.2, 0) is 0 Å². The number of piperidine rings is 1. The molecular weight excluding hydrogens is 512 g/mol. The minimum atomic E-state index is 0.387. The Morgan fingerprint density at radius 1 is 1.13 bits per heavy atom. The second-order valence-corrected chi connectivity index (χ2v) is 11.5. The monoisotopic (exact) mass is 554 g/mol. The number of halogens is 1. The van der Waals surface area contributed by atoms with Gasteiger partial charge < -0.3 is 19.9 Å². The fourth-order valence-corrected chi connectivity index (χ4v) is 5.33. The average Bonchev–Trinajstić information content (AvgIpc) is 3.69. The van der Waals surface area contributed by atoms with Gasteiger partial charge >= 0.3 is 0 Å². The van der Waals surface area contributed by atoms with E-state index in [1.165, 1.54) is 38.6 Å². The summed E-state index contributed by atoms with van der Waals surface area (Å²) in [6, 6.07) is 7.36. The summed E-state index contributed by atoms with van der Waals surface area (Å²) in [6.45, 7) is 10.9. The van der Waals surface area contributed by atoms with Gasteiger partial charge in [0.2, 0.25) is 0 Å². The number of benzene rings is 1. The number of ether oxygens (including phenoxy) is 1. The van der Waals surface area contributed by atoms with Crippen molar-refractivity contribution in [1.29, 1.82) is 0 Å². The Hall–Kier alpha value is -2.68. The van der Waals surface area contributed by atoms with Crippen LogP contribution in [-0.4, -0.2) is 70.8 Å². The molecule has 2 fully saturated rings. The number of anilines is 1. The van der Waals surface area contributed by atoms with E-state index in [1.807, 2.05) is 47.0 Å². The van der Waals surface area contributed by atoms with Crippen LogP contribution in [0.5, 0.6) is 5.75 Å². The summed E-state index contributed by atoms with van der Waals surface area (Å²) in [5.74, 6) is 2.22. The minimum absolute atomic E-state index is 0.387. The lowest BCUT2D eigenvalue weighted by atomic mass is 10.0. The molecule has 1 aliphatic heterocycles. The van der Waals surface area contributed by atoms with E-state index in [0.717, 1.165) is 41.9 Å². The Labute approximate surface area is 237 Å². The topological polar surface area (TPSA) is 93.5 Å². The predicted octanol–water partition coefficient (Wildman–Crippen LogP) is 6.31. The summed E-state index contributed by atoms with van der Waals surface area (Å²) in [5.41, 5.74) is 9.90. The minimum Gasteiger partial charge on any atom is -0.494 e. The number of hydrogen-bond acceptors (Lipinski definition) is 8. The fourth-order valence-electron chi connectivity index (χ4n) is 5.12. The van der Waals surface area contributed by atoms with E-state index in [9.17, 15) is 0 Å². The van der Waals surface area contributed by atoms with Crippen LogP contribution in [0.3, 0.4) is 0 Å². The van der Waals surface area contributed by atoms with Crippen LogP contribution < -0.4 is 10.5 Å². The number of nitrogen functional groups attached to an aromatic ring is 1. The number of aromatic nitrogens is 3. The van der Waals surface area contributed by atoms with Crippen molar-refractivity contribution in [3.63, 3.8) is 0 Å². The molecule has 5 rings (SSSR count). The van der Waals surface area contributed by atoms with Crippen LogP contribution in [0.1, 0.15) is 62.5 Å². The zero-order valence-corrected chi connectivity index (χ0v) is 25.0. The molecule has 1 aliphatic carbocycles. The second-order valence-electron chi connectivity index (χ2n) is 11.1. The zero-order valence-electron chi connectivity index (χ0n) is 24.3. The maximum absolute atomic E-state index is 6.45. The lowest BCUT2D eigenvalue weighted by molar-refractivity contribution is 0.152. The molecule has 0 amide bonds. The molecule has 39 heavy (non-hydrogen) atoms. The standard InChI is InChI=1S/C21H26ClN5O2.C9H17N/c1-12-19(18-13(2)26-29-14(18)3)24-21(25-20(12)23)16-11-15(7-8-17(16)22)28-10-6-9-27(4)5;1-8-4-2-3-7-10(8)9-5-6-9/h7-8,11H,6,9-10H2,1-5H3,(H2,23,24,25);8-9H,2-7H2,1H3/t;8-/m.0/s1. The van der Waals surface area contributed by atoms with Crippen molar-refractivity contribution < 1.29 is 9.26 Å². The molecule has 212 valence electrons. The molecule has 3 heterocycles. The fraction of sp³-hybridized carbons (Fsp3) is 0.567. The first-order valence-corrected chi connectivity index (χ1v) is 14.4.